The van der Waals surface area contributed by atoms with E-state index in [-0.39, 0.29) is 17.2 Å². The van der Waals surface area contributed by atoms with E-state index in [1.807, 2.05) is 13.8 Å². The Bertz CT molecular complexity index is 336. The molecule has 0 unspecified atom stereocenters. The molecule has 3 atom stereocenters. The molecular formula is C16H34O4Si. The molecule has 1 saturated heterocycles. The number of hydrogen-bond acceptors (Lipinski definition) is 4. The molecule has 0 bridgehead atoms. The first kappa shape index (κ1) is 19.1. The fourth-order valence-electron chi connectivity index (χ4n) is 2.39. The molecule has 0 radical (unpaired) electrons. The molecule has 1 fully saturated rings. The zero-order chi connectivity index (χ0) is 16.5. The zero-order valence-electron chi connectivity index (χ0n) is 15.0. The van der Waals surface area contributed by atoms with Crippen LogP contribution in [0.15, 0.2) is 0 Å². The van der Waals surface area contributed by atoms with Crippen LogP contribution in [0.25, 0.3) is 0 Å². The Morgan fingerprint density at radius 1 is 1.33 bits per heavy atom. The van der Waals surface area contributed by atoms with E-state index in [0.29, 0.717) is 19.4 Å². The molecule has 0 aromatic rings. The largest absolute Gasteiger partial charge is 0.414 e. The average molecular weight is 319 g/mol. The minimum Gasteiger partial charge on any atom is -0.414 e. The maximum absolute atomic E-state index is 10.2. The number of rotatable bonds is 6. The molecule has 0 aromatic heterocycles. The van der Waals surface area contributed by atoms with Crippen molar-refractivity contribution in [2.75, 3.05) is 6.61 Å². The van der Waals surface area contributed by atoms with Crippen molar-refractivity contribution < 1.29 is 19.0 Å². The number of ether oxygens (including phenoxy) is 2. The van der Waals surface area contributed by atoms with Crippen LogP contribution in [-0.4, -0.2) is 44.1 Å². The highest BCUT2D eigenvalue weighted by Gasteiger charge is 2.39. The van der Waals surface area contributed by atoms with E-state index in [0.717, 1.165) is 0 Å². The summed E-state index contributed by atoms with van der Waals surface area (Å²) in [4.78, 5) is 0. The van der Waals surface area contributed by atoms with Crippen LogP contribution in [-0.2, 0) is 13.9 Å². The Balaban J connectivity index is 2.39. The second kappa shape index (κ2) is 6.67. The summed E-state index contributed by atoms with van der Waals surface area (Å²) in [6, 6.07) is 0. The van der Waals surface area contributed by atoms with Gasteiger partial charge in [0.25, 0.3) is 0 Å². The van der Waals surface area contributed by atoms with Gasteiger partial charge in [0.05, 0.1) is 18.8 Å². The maximum atomic E-state index is 10.2. The standard InChI is InChI=1S/C16H34O4Si/c1-12(20-21(7,8)15(2,3)4)9-13(17)10-14-11-18-16(5,6)19-14/h12-14,17H,9-11H2,1-8H3/t12-,13-,14-/m0/s1. The molecule has 0 aromatic carbocycles. The molecule has 1 aliphatic rings. The van der Waals surface area contributed by atoms with E-state index in [4.69, 9.17) is 13.9 Å². The second-order valence-electron chi connectivity index (χ2n) is 8.26. The third kappa shape index (κ3) is 5.98. The number of aliphatic hydroxyl groups excluding tert-OH is 1. The highest BCUT2D eigenvalue weighted by molar-refractivity contribution is 6.74. The molecule has 0 amide bonds. The fourth-order valence-corrected chi connectivity index (χ4v) is 3.85. The molecule has 1 heterocycles. The van der Waals surface area contributed by atoms with Crippen molar-refractivity contribution in [3.8, 4) is 0 Å². The summed E-state index contributed by atoms with van der Waals surface area (Å²) < 4.78 is 17.6. The highest BCUT2D eigenvalue weighted by atomic mass is 28.4. The highest BCUT2D eigenvalue weighted by Crippen LogP contribution is 2.37. The van der Waals surface area contributed by atoms with Crippen molar-refractivity contribution in [1.82, 2.24) is 0 Å². The van der Waals surface area contributed by atoms with Crippen LogP contribution in [0, 0.1) is 0 Å². The van der Waals surface area contributed by atoms with Gasteiger partial charge in [0.15, 0.2) is 14.1 Å². The van der Waals surface area contributed by atoms with E-state index >= 15 is 0 Å². The summed E-state index contributed by atoms with van der Waals surface area (Å²) >= 11 is 0. The van der Waals surface area contributed by atoms with Crippen LogP contribution in [0.2, 0.25) is 18.1 Å². The summed E-state index contributed by atoms with van der Waals surface area (Å²) in [6.45, 7) is 17.6. The van der Waals surface area contributed by atoms with Crippen molar-refractivity contribution in [2.45, 2.75) is 96.6 Å². The molecule has 0 spiro atoms. The lowest BCUT2D eigenvalue weighted by atomic mass is 10.1. The lowest BCUT2D eigenvalue weighted by Crippen LogP contribution is -2.44. The van der Waals surface area contributed by atoms with Gasteiger partial charge in [-0.1, -0.05) is 20.8 Å². The average Bonchev–Trinajstić information content (AvgIpc) is 2.54. The van der Waals surface area contributed by atoms with Gasteiger partial charge < -0.3 is 19.0 Å². The summed E-state index contributed by atoms with van der Waals surface area (Å²) in [5.41, 5.74) is 0. The molecule has 1 N–H and O–H groups in total. The summed E-state index contributed by atoms with van der Waals surface area (Å²) in [6.07, 6.45) is 0.889. The Morgan fingerprint density at radius 3 is 2.33 bits per heavy atom. The van der Waals surface area contributed by atoms with Gasteiger partial charge >= 0.3 is 0 Å². The number of aliphatic hydroxyl groups is 1. The van der Waals surface area contributed by atoms with Crippen LogP contribution in [0.5, 0.6) is 0 Å². The monoisotopic (exact) mass is 318 g/mol. The Labute approximate surface area is 131 Å². The van der Waals surface area contributed by atoms with Crippen molar-refractivity contribution >= 4 is 8.32 Å². The van der Waals surface area contributed by atoms with Crippen LogP contribution >= 0.6 is 0 Å². The van der Waals surface area contributed by atoms with E-state index in [9.17, 15) is 5.11 Å². The van der Waals surface area contributed by atoms with Crippen LogP contribution < -0.4 is 0 Å². The molecule has 0 saturated carbocycles. The normalized spacial score (nSPS) is 25.9. The molecule has 126 valence electrons. The quantitative estimate of drug-likeness (QED) is 0.759. The van der Waals surface area contributed by atoms with E-state index in [1.54, 1.807) is 0 Å². The topological polar surface area (TPSA) is 47.9 Å². The minimum absolute atomic E-state index is 0.0185. The fraction of sp³-hybridized carbons (Fsp3) is 1.00. The molecule has 5 heteroatoms. The lowest BCUT2D eigenvalue weighted by Gasteiger charge is -2.39. The van der Waals surface area contributed by atoms with Crippen LogP contribution in [0.3, 0.4) is 0 Å². The number of hydrogen-bond donors (Lipinski definition) is 1. The zero-order valence-corrected chi connectivity index (χ0v) is 16.0. The molecule has 1 rings (SSSR count). The van der Waals surface area contributed by atoms with Gasteiger partial charge in [-0.25, -0.2) is 0 Å². The van der Waals surface area contributed by atoms with Crippen molar-refractivity contribution in [3.63, 3.8) is 0 Å². The van der Waals surface area contributed by atoms with E-state index < -0.39 is 20.2 Å². The van der Waals surface area contributed by atoms with Gasteiger partial charge in [0.1, 0.15) is 0 Å². The van der Waals surface area contributed by atoms with E-state index in [2.05, 4.69) is 40.8 Å². The summed E-state index contributed by atoms with van der Waals surface area (Å²) in [5, 5.41) is 10.4. The van der Waals surface area contributed by atoms with E-state index in [1.165, 1.54) is 0 Å². The van der Waals surface area contributed by atoms with Crippen LogP contribution in [0.1, 0.15) is 54.4 Å². The molecule has 4 nitrogen and oxygen atoms in total. The SMILES string of the molecule is C[C@@H](C[C@H](O)C[C@H]1COC(C)(C)O1)O[Si](C)(C)C(C)(C)C. The minimum atomic E-state index is -1.77. The Morgan fingerprint density at radius 2 is 1.90 bits per heavy atom. The van der Waals surface area contributed by atoms with Gasteiger partial charge in [0, 0.05) is 12.5 Å². The van der Waals surface area contributed by atoms with Gasteiger partial charge in [-0.3, -0.25) is 0 Å². The van der Waals surface area contributed by atoms with Crippen molar-refractivity contribution in [1.29, 1.82) is 0 Å². The molecular weight excluding hydrogens is 284 g/mol. The second-order valence-corrected chi connectivity index (χ2v) is 13.0. The summed E-state index contributed by atoms with van der Waals surface area (Å²) in [5.74, 6) is -0.520. The predicted octanol–water partition coefficient (Wildman–Crippen LogP) is 3.69. The van der Waals surface area contributed by atoms with Gasteiger partial charge in [-0.15, -0.1) is 0 Å². The van der Waals surface area contributed by atoms with Gasteiger partial charge in [-0.2, -0.15) is 0 Å². The smallest absolute Gasteiger partial charge is 0.192 e. The van der Waals surface area contributed by atoms with Crippen LogP contribution in [0.4, 0.5) is 0 Å². The summed E-state index contributed by atoms with van der Waals surface area (Å²) in [7, 11) is -1.77. The van der Waals surface area contributed by atoms with Crippen molar-refractivity contribution in [3.05, 3.63) is 0 Å². The van der Waals surface area contributed by atoms with Gasteiger partial charge in [-0.05, 0) is 45.3 Å². The Kier molecular flexibility index (Phi) is 6.06. The lowest BCUT2D eigenvalue weighted by molar-refractivity contribution is -0.141. The molecule has 1 aliphatic heterocycles. The molecule has 21 heavy (non-hydrogen) atoms. The third-order valence-corrected chi connectivity index (χ3v) is 9.11. The molecule has 0 aliphatic carbocycles. The first-order chi connectivity index (χ1) is 9.32. The Hall–Kier alpha value is 0.0569. The maximum Gasteiger partial charge on any atom is 0.192 e. The van der Waals surface area contributed by atoms with Gasteiger partial charge in [0.2, 0.25) is 0 Å². The third-order valence-electron chi connectivity index (χ3n) is 4.51. The van der Waals surface area contributed by atoms with Crippen molar-refractivity contribution in [2.24, 2.45) is 0 Å². The first-order valence-corrected chi connectivity index (χ1v) is 10.9. The first-order valence-electron chi connectivity index (χ1n) is 8.00. The predicted molar refractivity (Wildman–Crippen MR) is 87.9 cm³/mol.